The molecular formula is C17H26IN5O. The average molecular weight is 443 g/mol. The molecule has 0 bridgehead atoms. The first kappa shape index (κ1) is 20.4. The number of ether oxygens (including phenoxy) is 1. The molecule has 0 radical (unpaired) electrons. The number of nitrogens with zero attached hydrogens (tertiary/aromatic N) is 3. The second kappa shape index (κ2) is 11.9. The Hall–Kier alpha value is -1.61. The molecule has 0 saturated carbocycles. The number of nitrogens with two attached hydrogens (primary N) is 1. The monoisotopic (exact) mass is 443 g/mol. The van der Waals surface area contributed by atoms with Crippen LogP contribution in [0, 0.1) is 0 Å². The summed E-state index contributed by atoms with van der Waals surface area (Å²) in [5.41, 5.74) is 8.20. The Bertz CT molecular complexity index is 601. The number of benzene rings is 1. The minimum Gasteiger partial charge on any atom is -0.382 e. The van der Waals surface area contributed by atoms with Crippen LogP contribution in [0.2, 0.25) is 0 Å². The van der Waals surface area contributed by atoms with Gasteiger partial charge in [0.25, 0.3) is 0 Å². The summed E-state index contributed by atoms with van der Waals surface area (Å²) in [6.07, 6.45) is 4.66. The van der Waals surface area contributed by atoms with Crippen molar-refractivity contribution in [2.45, 2.75) is 26.4 Å². The Morgan fingerprint density at radius 3 is 2.92 bits per heavy atom. The molecule has 1 aromatic heterocycles. The van der Waals surface area contributed by atoms with Crippen LogP contribution in [0.3, 0.4) is 0 Å². The summed E-state index contributed by atoms with van der Waals surface area (Å²) in [5, 5.41) is 7.32. The summed E-state index contributed by atoms with van der Waals surface area (Å²) in [4.78, 5) is 4.37. The van der Waals surface area contributed by atoms with Gasteiger partial charge in [-0.05, 0) is 30.5 Å². The number of nitrogens with one attached hydrogen (secondary N) is 1. The lowest BCUT2D eigenvalue weighted by molar-refractivity contribution is 0.145. The maximum Gasteiger partial charge on any atom is 0.188 e. The third-order valence-corrected chi connectivity index (χ3v) is 3.30. The number of guanidine groups is 1. The van der Waals surface area contributed by atoms with Crippen molar-refractivity contribution in [1.29, 1.82) is 0 Å². The lowest BCUT2D eigenvalue weighted by atomic mass is 10.1. The van der Waals surface area contributed by atoms with Gasteiger partial charge in [0.15, 0.2) is 5.96 Å². The van der Waals surface area contributed by atoms with Crippen LogP contribution >= 0.6 is 24.0 Å². The van der Waals surface area contributed by atoms with Gasteiger partial charge in [0, 0.05) is 32.2 Å². The molecule has 1 heterocycles. The van der Waals surface area contributed by atoms with Crippen LogP contribution in [0.25, 0.3) is 0 Å². The van der Waals surface area contributed by atoms with E-state index in [1.54, 1.807) is 6.20 Å². The zero-order valence-corrected chi connectivity index (χ0v) is 16.3. The molecule has 0 aliphatic carbocycles. The van der Waals surface area contributed by atoms with Crippen molar-refractivity contribution in [3.05, 3.63) is 53.9 Å². The number of hydrogen-bond acceptors (Lipinski definition) is 3. The first-order valence-electron chi connectivity index (χ1n) is 7.94. The Morgan fingerprint density at radius 1 is 1.33 bits per heavy atom. The smallest absolute Gasteiger partial charge is 0.188 e. The van der Waals surface area contributed by atoms with E-state index < -0.39 is 0 Å². The second-order valence-electron chi connectivity index (χ2n) is 5.20. The van der Waals surface area contributed by atoms with Gasteiger partial charge >= 0.3 is 0 Å². The average Bonchev–Trinajstić information content (AvgIpc) is 3.06. The lowest BCUT2D eigenvalue weighted by Crippen LogP contribution is -2.32. The van der Waals surface area contributed by atoms with Crippen LogP contribution in [-0.2, 0) is 17.8 Å². The molecule has 0 aliphatic rings. The second-order valence-corrected chi connectivity index (χ2v) is 5.20. The third-order valence-electron chi connectivity index (χ3n) is 3.30. The minimum absolute atomic E-state index is 0. The summed E-state index contributed by atoms with van der Waals surface area (Å²) in [6, 6.07) is 10.2. The van der Waals surface area contributed by atoms with Gasteiger partial charge in [-0.1, -0.05) is 24.3 Å². The highest BCUT2D eigenvalue weighted by atomic mass is 127. The summed E-state index contributed by atoms with van der Waals surface area (Å²) in [5.74, 6) is 0.471. The number of aliphatic imine (C=N–C) groups is 1. The fourth-order valence-corrected chi connectivity index (χ4v) is 2.17. The molecule has 3 N–H and O–H groups in total. The zero-order chi connectivity index (χ0) is 16.3. The Labute approximate surface area is 160 Å². The summed E-state index contributed by atoms with van der Waals surface area (Å²) >= 11 is 0. The molecule has 0 saturated heterocycles. The standard InChI is InChI=1S/C17H25N5O.HI/c1-2-23-11-5-8-19-17(18)20-13-15-6-3-7-16(12-15)14-22-10-4-9-21-22;/h3-4,6-7,9-10,12H,2,5,8,11,13-14H2,1H3,(H3,18,19,20);1H. The molecule has 0 fully saturated rings. The van der Waals surface area contributed by atoms with Crippen LogP contribution in [0.1, 0.15) is 24.5 Å². The van der Waals surface area contributed by atoms with Crippen molar-refractivity contribution in [3.63, 3.8) is 0 Å². The molecule has 1 aromatic carbocycles. The van der Waals surface area contributed by atoms with Gasteiger partial charge in [0.05, 0.1) is 13.1 Å². The summed E-state index contributed by atoms with van der Waals surface area (Å²) < 4.78 is 7.17. The predicted octanol–water partition coefficient (Wildman–Crippen LogP) is 2.38. The molecule has 7 heteroatoms. The highest BCUT2D eigenvalue weighted by Gasteiger charge is 1.98. The molecule has 0 unspecified atom stereocenters. The van der Waals surface area contributed by atoms with E-state index in [1.807, 2.05) is 29.9 Å². The van der Waals surface area contributed by atoms with Crippen molar-refractivity contribution in [1.82, 2.24) is 15.1 Å². The summed E-state index contributed by atoms with van der Waals surface area (Å²) in [6.45, 7) is 5.58. The van der Waals surface area contributed by atoms with Gasteiger partial charge in [-0.25, -0.2) is 4.99 Å². The molecule has 24 heavy (non-hydrogen) atoms. The number of halogens is 1. The van der Waals surface area contributed by atoms with Gasteiger partial charge in [0.1, 0.15) is 0 Å². The lowest BCUT2D eigenvalue weighted by Gasteiger charge is -2.07. The van der Waals surface area contributed by atoms with E-state index in [2.05, 4.69) is 33.6 Å². The van der Waals surface area contributed by atoms with Gasteiger partial charge in [-0.3, -0.25) is 4.68 Å². The summed E-state index contributed by atoms with van der Waals surface area (Å²) in [7, 11) is 0. The molecule has 0 atom stereocenters. The van der Waals surface area contributed by atoms with E-state index in [1.165, 1.54) is 5.56 Å². The highest BCUT2D eigenvalue weighted by molar-refractivity contribution is 14.0. The molecule has 2 aromatic rings. The van der Waals surface area contributed by atoms with E-state index >= 15 is 0 Å². The Morgan fingerprint density at radius 2 is 2.17 bits per heavy atom. The van der Waals surface area contributed by atoms with Gasteiger partial charge in [-0.2, -0.15) is 5.10 Å². The third kappa shape index (κ3) is 7.78. The van der Waals surface area contributed by atoms with Gasteiger partial charge < -0.3 is 15.8 Å². The quantitative estimate of drug-likeness (QED) is 0.270. The normalized spacial score (nSPS) is 11.1. The molecular weight excluding hydrogens is 417 g/mol. The van der Waals surface area contributed by atoms with Crippen LogP contribution in [-0.4, -0.2) is 35.5 Å². The zero-order valence-electron chi connectivity index (χ0n) is 14.0. The number of hydrogen-bond donors (Lipinski definition) is 2. The fraction of sp³-hybridized carbons (Fsp3) is 0.412. The fourth-order valence-electron chi connectivity index (χ4n) is 2.17. The Balaban J connectivity index is 0.00000288. The van der Waals surface area contributed by atoms with Crippen LogP contribution in [0.4, 0.5) is 0 Å². The molecule has 0 aliphatic heterocycles. The first-order chi connectivity index (χ1) is 11.3. The number of rotatable bonds is 9. The first-order valence-corrected chi connectivity index (χ1v) is 7.94. The van der Waals surface area contributed by atoms with Crippen molar-refractivity contribution < 1.29 is 4.74 Å². The SMILES string of the molecule is CCOCCCNC(N)=NCc1cccc(Cn2cccn2)c1.I. The number of aromatic nitrogens is 2. The molecule has 0 amide bonds. The largest absolute Gasteiger partial charge is 0.382 e. The van der Waals surface area contributed by atoms with E-state index in [4.69, 9.17) is 10.5 Å². The maximum atomic E-state index is 5.87. The van der Waals surface area contributed by atoms with Crippen molar-refractivity contribution in [3.8, 4) is 0 Å². The molecule has 6 nitrogen and oxygen atoms in total. The Kier molecular flexibility index (Phi) is 10.1. The predicted molar refractivity (Wildman–Crippen MR) is 108 cm³/mol. The highest BCUT2D eigenvalue weighted by Crippen LogP contribution is 2.08. The molecule has 0 spiro atoms. The molecule has 2 rings (SSSR count). The van der Waals surface area contributed by atoms with Gasteiger partial charge in [-0.15, -0.1) is 24.0 Å². The van der Waals surface area contributed by atoms with E-state index in [-0.39, 0.29) is 24.0 Å². The van der Waals surface area contributed by atoms with Crippen molar-refractivity contribution in [2.24, 2.45) is 10.7 Å². The van der Waals surface area contributed by atoms with Crippen LogP contribution in [0.5, 0.6) is 0 Å². The molecule has 132 valence electrons. The van der Waals surface area contributed by atoms with Crippen LogP contribution < -0.4 is 11.1 Å². The minimum atomic E-state index is 0. The topological polar surface area (TPSA) is 77.5 Å². The van der Waals surface area contributed by atoms with Crippen molar-refractivity contribution in [2.75, 3.05) is 19.8 Å². The van der Waals surface area contributed by atoms with E-state index in [0.717, 1.165) is 38.3 Å². The van der Waals surface area contributed by atoms with Crippen LogP contribution in [0.15, 0.2) is 47.7 Å². The van der Waals surface area contributed by atoms with Gasteiger partial charge in [0.2, 0.25) is 0 Å². The maximum absolute atomic E-state index is 5.87. The van der Waals surface area contributed by atoms with Crippen molar-refractivity contribution >= 4 is 29.9 Å². The van der Waals surface area contributed by atoms with E-state index in [9.17, 15) is 0 Å². The van der Waals surface area contributed by atoms with E-state index in [0.29, 0.717) is 12.5 Å².